The van der Waals surface area contributed by atoms with E-state index in [0.29, 0.717) is 5.92 Å². The molecular weight excluding hydrogens is 220 g/mol. The number of rotatable bonds is 4. The quantitative estimate of drug-likeness (QED) is 0.867. The number of fused-ring (bicyclic) bond motifs is 1. The van der Waals surface area contributed by atoms with Crippen LogP contribution in [0.15, 0.2) is 10.9 Å². The summed E-state index contributed by atoms with van der Waals surface area (Å²) in [5, 5.41) is 5.07. The predicted molar refractivity (Wildman–Crippen MR) is 63.1 cm³/mol. The van der Waals surface area contributed by atoms with Gasteiger partial charge in [0.05, 0.1) is 11.2 Å². The number of hydrogen-bond donors (Lipinski definition) is 1. The summed E-state index contributed by atoms with van der Waals surface area (Å²) in [7, 11) is 0. The van der Waals surface area contributed by atoms with Gasteiger partial charge in [-0.3, -0.25) is 4.79 Å². The number of aromatic nitrogens is 1. The Labute approximate surface area is 99.3 Å². The van der Waals surface area contributed by atoms with Crippen LogP contribution in [0.3, 0.4) is 0 Å². The summed E-state index contributed by atoms with van der Waals surface area (Å²) >= 11 is 1.61. The molecule has 4 heteroatoms. The number of amides is 1. The Balaban J connectivity index is 1.40. The molecule has 0 saturated heterocycles. The van der Waals surface area contributed by atoms with Gasteiger partial charge in [-0.2, -0.15) is 0 Å². The van der Waals surface area contributed by atoms with Crippen LogP contribution in [0.1, 0.15) is 25.0 Å². The lowest BCUT2D eigenvalue weighted by Gasteiger charge is -2.11. The molecule has 2 aliphatic rings. The van der Waals surface area contributed by atoms with E-state index in [0.717, 1.165) is 43.3 Å². The van der Waals surface area contributed by atoms with Crippen molar-refractivity contribution in [2.75, 3.05) is 6.54 Å². The highest BCUT2D eigenvalue weighted by Gasteiger charge is 2.47. The second-order valence-electron chi connectivity index (χ2n) is 4.94. The van der Waals surface area contributed by atoms with E-state index in [1.165, 1.54) is 6.42 Å². The first kappa shape index (κ1) is 10.3. The maximum absolute atomic E-state index is 11.8. The van der Waals surface area contributed by atoms with E-state index in [9.17, 15) is 4.79 Å². The van der Waals surface area contributed by atoms with Gasteiger partial charge in [0.25, 0.3) is 0 Å². The molecule has 0 aromatic carbocycles. The van der Waals surface area contributed by atoms with Gasteiger partial charge < -0.3 is 5.32 Å². The largest absolute Gasteiger partial charge is 0.355 e. The normalized spacial score (nSPS) is 31.1. The molecule has 2 saturated carbocycles. The Morgan fingerprint density at radius 1 is 1.44 bits per heavy atom. The van der Waals surface area contributed by atoms with Gasteiger partial charge in [-0.15, -0.1) is 11.3 Å². The zero-order chi connectivity index (χ0) is 11.0. The molecule has 2 fully saturated rings. The van der Waals surface area contributed by atoms with Crippen molar-refractivity contribution in [2.45, 2.75) is 25.7 Å². The molecule has 2 unspecified atom stereocenters. The standard InChI is InChI=1S/C12H16N2OS/c15-12(10-4-8-3-9(8)5-10)13-2-1-11-6-16-7-14-11/h6-10H,1-5H2,(H,13,15). The van der Waals surface area contributed by atoms with Gasteiger partial charge in [0.1, 0.15) is 0 Å². The minimum Gasteiger partial charge on any atom is -0.355 e. The first-order chi connectivity index (χ1) is 7.83. The third kappa shape index (κ3) is 2.12. The molecule has 3 nitrogen and oxygen atoms in total. The SMILES string of the molecule is O=C(NCCc1cscn1)C1CC2CC2C1. The molecule has 3 rings (SSSR count). The first-order valence-corrected chi connectivity index (χ1v) is 6.92. The van der Waals surface area contributed by atoms with Crippen LogP contribution < -0.4 is 5.32 Å². The van der Waals surface area contributed by atoms with Gasteiger partial charge in [0.2, 0.25) is 5.91 Å². The first-order valence-electron chi connectivity index (χ1n) is 5.97. The number of nitrogens with zero attached hydrogens (tertiary/aromatic N) is 1. The molecular formula is C12H16N2OS. The van der Waals surface area contributed by atoms with Gasteiger partial charge in [-0.05, 0) is 31.1 Å². The van der Waals surface area contributed by atoms with Crippen molar-refractivity contribution in [2.24, 2.45) is 17.8 Å². The summed E-state index contributed by atoms with van der Waals surface area (Å²) in [6, 6.07) is 0. The Kier molecular flexibility index (Phi) is 2.67. The topological polar surface area (TPSA) is 42.0 Å². The molecule has 86 valence electrons. The molecule has 0 spiro atoms. The number of carbonyl (C=O) groups is 1. The fourth-order valence-electron chi connectivity index (χ4n) is 2.75. The second kappa shape index (κ2) is 4.17. The molecule has 1 N–H and O–H groups in total. The molecule has 1 heterocycles. The minimum absolute atomic E-state index is 0.266. The van der Waals surface area contributed by atoms with Gasteiger partial charge in [-0.1, -0.05) is 0 Å². The highest BCUT2D eigenvalue weighted by Crippen LogP contribution is 2.54. The van der Waals surface area contributed by atoms with Crippen molar-refractivity contribution in [3.63, 3.8) is 0 Å². The van der Waals surface area contributed by atoms with Crippen LogP contribution >= 0.6 is 11.3 Å². The number of carbonyl (C=O) groups excluding carboxylic acids is 1. The molecule has 1 aromatic rings. The average molecular weight is 236 g/mol. The van der Waals surface area contributed by atoms with E-state index in [1.807, 2.05) is 10.9 Å². The second-order valence-corrected chi connectivity index (χ2v) is 5.66. The van der Waals surface area contributed by atoms with Gasteiger partial charge in [0, 0.05) is 24.3 Å². The van der Waals surface area contributed by atoms with Crippen molar-refractivity contribution in [3.05, 3.63) is 16.6 Å². The fraction of sp³-hybridized carbons (Fsp3) is 0.667. The summed E-state index contributed by atoms with van der Waals surface area (Å²) in [6.45, 7) is 0.731. The van der Waals surface area contributed by atoms with E-state index < -0.39 is 0 Å². The summed E-state index contributed by atoms with van der Waals surface area (Å²) in [6.07, 6.45) is 4.50. The van der Waals surface area contributed by atoms with Crippen molar-refractivity contribution >= 4 is 17.2 Å². The molecule has 16 heavy (non-hydrogen) atoms. The molecule has 1 amide bonds. The zero-order valence-electron chi connectivity index (χ0n) is 9.19. The molecule has 2 aliphatic carbocycles. The van der Waals surface area contributed by atoms with Gasteiger partial charge >= 0.3 is 0 Å². The maximum atomic E-state index is 11.8. The van der Waals surface area contributed by atoms with Crippen LogP contribution in [0, 0.1) is 17.8 Å². The molecule has 0 aliphatic heterocycles. The van der Waals surface area contributed by atoms with Crippen LogP contribution in [0.25, 0.3) is 0 Å². The van der Waals surface area contributed by atoms with Crippen molar-refractivity contribution < 1.29 is 4.79 Å². The fourth-order valence-corrected chi connectivity index (χ4v) is 3.34. The van der Waals surface area contributed by atoms with E-state index >= 15 is 0 Å². The number of thiazole rings is 1. The van der Waals surface area contributed by atoms with E-state index in [1.54, 1.807) is 11.3 Å². The highest BCUT2D eigenvalue weighted by atomic mass is 32.1. The Bertz CT molecular complexity index is 366. The lowest BCUT2D eigenvalue weighted by atomic mass is 10.0. The summed E-state index contributed by atoms with van der Waals surface area (Å²) in [5.41, 5.74) is 2.92. The van der Waals surface area contributed by atoms with Crippen LogP contribution in [-0.2, 0) is 11.2 Å². The lowest BCUT2D eigenvalue weighted by molar-refractivity contribution is -0.125. The Hall–Kier alpha value is -0.900. The van der Waals surface area contributed by atoms with Crippen molar-refractivity contribution in [1.29, 1.82) is 0 Å². The van der Waals surface area contributed by atoms with Crippen molar-refractivity contribution in [3.8, 4) is 0 Å². The van der Waals surface area contributed by atoms with Crippen LogP contribution in [0.5, 0.6) is 0 Å². The number of hydrogen-bond acceptors (Lipinski definition) is 3. The lowest BCUT2D eigenvalue weighted by Crippen LogP contribution is -2.31. The highest BCUT2D eigenvalue weighted by molar-refractivity contribution is 7.07. The number of nitrogens with one attached hydrogen (secondary N) is 1. The monoisotopic (exact) mass is 236 g/mol. The predicted octanol–water partition coefficient (Wildman–Crippen LogP) is 1.85. The van der Waals surface area contributed by atoms with E-state index in [2.05, 4.69) is 10.3 Å². The van der Waals surface area contributed by atoms with E-state index in [-0.39, 0.29) is 5.91 Å². The van der Waals surface area contributed by atoms with Crippen LogP contribution in [0.2, 0.25) is 0 Å². The Morgan fingerprint density at radius 2 is 2.25 bits per heavy atom. The zero-order valence-corrected chi connectivity index (χ0v) is 10.0. The Morgan fingerprint density at radius 3 is 2.94 bits per heavy atom. The van der Waals surface area contributed by atoms with Gasteiger partial charge in [0.15, 0.2) is 0 Å². The molecule has 2 atom stereocenters. The summed E-state index contributed by atoms with van der Waals surface area (Å²) in [4.78, 5) is 16.0. The smallest absolute Gasteiger partial charge is 0.223 e. The third-order valence-corrected chi connectivity index (χ3v) is 4.41. The summed E-state index contributed by atoms with van der Waals surface area (Å²) in [5.74, 6) is 2.34. The third-order valence-electron chi connectivity index (χ3n) is 3.78. The minimum atomic E-state index is 0.266. The van der Waals surface area contributed by atoms with Crippen molar-refractivity contribution in [1.82, 2.24) is 10.3 Å². The average Bonchev–Trinajstić information content (AvgIpc) is 2.72. The molecule has 0 bridgehead atoms. The van der Waals surface area contributed by atoms with Crippen LogP contribution in [-0.4, -0.2) is 17.4 Å². The molecule has 0 radical (unpaired) electrons. The summed E-state index contributed by atoms with van der Waals surface area (Å²) < 4.78 is 0. The van der Waals surface area contributed by atoms with Crippen LogP contribution in [0.4, 0.5) is 0 Å². The maximum Gasteiger partial charge on any atom is 0.223 e. The molecule has 1 aromatic heterocycles. The van der Waals surface area contributed by atoms with E-state index in [4.69, 9.17) is 0 Å². The van der Waals surface area contributed by atoms with Gasteiger partial charge in [-0.25, -0.2) is 4.98 Å².